The summed E-state index contributed by atoms with van der Waals surface area (Å²) in [5.41, 5.74) is 3.50. The second-order valence-electron chi connectivity index (χ2n) is 6.12. The van der Waals surface area contributed by atoms with E-state index in [4.69, 9.17) is 4.74 Å². The van der Waals surface area contributed by atoms with E-state index < -0.39 is 11.6 Å². The molecule has 0 radical (unpaired) electrons. The molecule has 0 aliphatic carbocycles. The lowest BCUT2D eigenvalue weighted by atomic mass is 10.1. The van der Waals surface area contributed by atoms with Gasteiger partial charge in [0.2, 0.25) is 5.88 Å². The van der Waals surface area contributed by atoms with Gasteiger partial charge < -0.3 is 4.74 Å². The Hall–Kier alpha value is -2.47. The van der Waals surface area contributed by atoms with Crippen molar-refractivity contribution in [3.05, 3.63) is 76.5 Å². The molecule has 3 rings (SSSR count). The fourth-order valence-electron chi connectivity index (χ4n) is 2.58. The van der Waals surface area contributed by atoms with Gasteiger partial charge in [0.1, 0.15) is 17.4 Å². The van der Waals surface area contributed by atoms with Gasteiger partial charge in [-0.3, -0.25) is 0 Å². The Balaban J connectivity index is 1.76. The van der Waals surface area contributed by atoms with Gasteiger partial charge in [0, 0.05) is 23.6 Å². The van der Waals surface area contributed by atoms with Crippen molar-refractivity contribution in [3.8, 4) is 11.6 Å². The van der Waals surface area contributed by atoms with E-state index in [9.17, 15) is 8.78 Å². The molecule has 0 N–H and O–H groups in total. The van der Waals surface area contributed by atoms with Crippen LogP contribution in [0.5, 0.6) is 11.6 Å². The molecule has 1 heterocycles. The van der Waals surface area contributed by atoms with E-state index in [0.29, 0.717) is 28.1 Å². The molecule has 0 saturated carbocycles. The van der Waals surface area contributed by atoms with Crippen LogP contribution in [-0.2, 0) is 5.75 Å². The molecule has 0 aliphatic rings. The first-order chi connectivity index (χ1) is 12.4. The van der Waals surface area contributed by atoms with Gasteiger partial charge in [-0.2, -0.15) is 4.98 Å². The van der Waals surface area contributed by atoms with E-state index >= 15 is 0 Å². The summed E-state index contributed by atoms with van der Waals surface area (Å²) in [6, 6.07) is 11.2. The smallest absolute Gasteiger partial charge is 0.223 e. The second kappa shape index (κ2) is 7.83. The van der Waals surface area contributed by atoms with E-state index in [0.717, 1.165) is 22.9 Å². The summed E-state index contributed by atoms with van der Waals surface area (Å²) >= 11 is 1.30. The first-order valence-corrected chi connectivity index (χ1v) is 9.05. The van der Waals surface area contributed by atoms with Gasteiger partial charge in [-0.05, 0) is 61.7 Å². The van der Waals surface area contributed by atoms with Crippen LogP contribution in [-0.4, -0.2) is 9.97 Å². The van der Waals surface area contributed by atoms with Gasteiger partial charge in [0.05, 0.1) is 0 Å². The largest absolute Gasteiger partial charge is 0.439 e. The van der Waals surface area contributed by atoms with Gasteiger partial charge in [0.25, 0.3) is 0 Å². The van der Waals surface area contributed by atoms with Crippen molar-refractivity contribution in [1.29, 1.82) is 0 Å². The van der Waals surface area contributed by atoms with Crippen LogP contribution in [0.4, 0.5) is 8.78 Å². The number of hydrogen-bond donors (Lipinski definition) is 0. The van der Waals surface area contributed by atoms with Gasteiger partial charge in [0.15, 0.2) is 5.16 Å². The van der Waals surface area contributed by atoms with Crippen LogP contribution in [0.1, 0.15) is 22.4 Å². The molecular formula is C20H18F2N2OS. The Labute approximate surface area is 155 Å². The number of rotatable bonds is 5. The van der Waals surface area contributed by atoms with E-state index in [1.807, 2.05) is 32.9 Å². The van der Waals surface area contributed by atoms with Crippen LogP contribution < -0.4 is 4.74 Å². The van der Waals surface area contributed by atoms with Gasteiger partial charge in [-0.15, -0.1) is 0 Å². The van der Waals surface area contributed by atoms with E-state index in [2.05, 4.69) is 16.0 Å². The number of hydrogen-bond acceptors (Lipinski definition) is 4. The Kier molecular flexibility index (Phi) is 5.52. The molecule has 3 nitrogen and oxygen atoms in total. The van der Waals surface area contributed by atoms with Crippen LogP contribution in [0, 0.1) is 32.4 Å². The first kappa shape index (κ1) is 18.3. The Morgan fingerprint density at radius 1 is 0.846 bits per heavy atom. The molecule has 0 atom stereocenters. The Bertz CT molecular complexity index is 907. The average Bonchev–Trinajstić information content (AvgIpc) is 2.50. The molecule has 134 valence electrons. The molecule has 0 unspecified atom stereocenters. The fourth-order valence-corrected chi connectivity index (χ4v) is 3.41. The molecule has 6 heteroatoms. The molecule has 1 aromatic heterocycles. The SMILES string of the molecule is Cc1cc(C)cc(Oc2cc(C)nc(SCc3cc(F)cc(F)c3)n2)c1. The zero-order valence-electron chi connectivity index (χ0n) is 14.7. The summed E-state index contributed by atoms with van der Waals surface area (Å²) in [7, 11) is 0. The minimum atomic E-state index is -0.593. The molecule has 0 aliphatic heterocycles. The first-order valence-electron chi connectivity index (χ1n) is 8.07. The number of ether oxygens (including phenoxy) is 1. The standard InChI is InChI=1S/C20H18F2N2OS/c1-12-4-13(2)6-18(5-12)25-19-7-14(3)23-20(24-19)26-11-15-8-16(21)10-17(22)9-15/h4-10H,11H2,1-3H3. The van der Waals surface area contributed by atoms with E-state index in [1.54, 1.807) is 6.07 Å². The molecular weight excluding hydrogens is 354 g/mol. The number of halogens is 2. The van der Waals surface area contributed by atoms with E-state index in [-0.39, 0.29) is 0 Å². The normalized spacial score (nSPS) is 10.8. The summed E-state index contributed by atoms with van der Waals surface area (Å²) < 4.78 is 32.4. The number of aryl methyl sites for hydroxylation is 3. The third kappa shape index (κ3) is 5.02. The maximum Gasteiger partial charge on any atom is 0.223 e. The Morgan fingerprint density at radius 3 is 2.15 bits per heavy atom. The van der Waals surface area contributed by atoms with Crippen molar-refractivity contribution < 1.29 is 13.5 Å². The van der Waals surface area contributed by atoms with Crippen molar-refractivity contribution in [1.82, 2.24) is 9.97 Å². The van der Waals surface area contributed by atoms with Crippen LogP contribution in [0.2, 0.25) is 0 Å². The minimum absolute atomic E-state index is 0.362. The monoisotopic (exact) mass is 372 g/mol. The molecule has 0 fully saturated rings. The van der Waals surface area contributed by atoms with Gasteiger partial charge in [-0.25, -0.2) is 13.8 Å². The van der Waals surface area contributed by atoms with Crippen LogP contribution >= 0.6 is 11.8 Å². The molecule has 0 spiro atoms. The number of aromatic nitrogens is 2. The zero-order valence-corrected chi connectivity index (χ0v) is 15.5. The molecule has 2 aromatic carbocycles. The summed E-state index contributed by atoms with van der Waals surface area (Å²) in [6.07, 6.45) is 0. The van der Waals surface area contributed by atoms with Crippen LogP contribution in [0.25, 0.3) is 0 Å². The lowest BCUT2D eigenvalue weighted by Gasteiger charge is -2.09. The highest BCUT2D eigenvalue weighted by Crippen LogP contribution is 2.26. The maximum absolute atomic E-state index is 13.3. The van der Waals surface area contributed by atoms with Crippen molar-refractivity contribution in [3.63, 3.8) is 0 Å². The lowest BCUT2D eigenvalue weighted by Crippen LogP contribution is -1.96. The fraction of sp³-hybridized carbons (Fsp3) is 0.200. The van der Waals surface area contributed by atoms with Crippen molar-refractivity contribution in [2.24, 2.45) is 0 Å². The maximum atomic E-state index is 13.3. The minimum Gasteiger partial charge on any atom is -0.439 e. The number of thioether (sulfide) groups is 1. The summed E-state index contributed by atoms with van der Waals surface area (Å²) in [4.78, 5) is 8.75. The van der Waals surface area contributed by atoms with Crippen molar-refractivity contribution >= 4 is 11.8 Å². The second-order valence-corrected chi connectivity index (χ2v) is 7.06. The van der Waals surface area contributed by atoms with Gasteiger partial charge >= 0.3 is 0 Å². The third-order valence-corrected chi connectivity index (χ3v) is 4.44. The highest BCUT2D eigenvalue weighted by atomic mass is 32.2. The Morgan fingerprint density at radius 2 is 1.50 bits per heavy atom. The van der Waals surface area contributed by atoms with Crippen LogP contribution in [0.15, 0.2) is 47.6 Å². The molecule has 3 aromatic rings. The summed E-state index contributed by atoms with van der Waals surface area (Å²) in [5, 5.41) is 0.494. The third-order valence-electron chi connectivity index (χ3n) is 3.52. The number of benzene rings is 2. The molecule has 0 bridgehead atoms. The predicted molar refractivity (Wildman–Crippen MR) is 98.7 cm³/mol. The van der Waals surface area contributed by atoms with Crippen molar-refractivity contribution in [2.75, 3.05) is 0 Å². The summed E-state index contributed by atoms with van der Waals surface area (Å²) in [6.45, 7) is 5.86. The molecule has 0 saturated heterocycles. The number of nitrogens with zero attached hydrogens (tertiary/aromatic N) is 2. The zero-order chi connectivity index (χ0) is 18.7. The molecule has 0 amide bonds. The molecule has 26 heavy (non-hydrogen) atoms. The highest BCUT2D eigenvalue weighted by Gasteiger charge is 2.08. The predicted octanol–water partition coefficient (Wildman–Crippen LogP) is 5.76. The van der Waals surface area contributed by atoms with Crippen LogP contribution in [0.3, 0.4) is 0 Å². The van der Waals surface area contributed by atoms with Crippen molar-refractivity contribution in [2.45, 2.75) is 31.7 Å². The quantitative estimate of drug-likeness (QED) is 0.421. The highest BCUT2D eigenvalue weighted by molar-refractivity contribution is 7.98. The summed E-state index contributed by atoms with van der Waals surface area (Å²) in [5.74, 6) is 0.328. The average molecular weight is 372 g/mol. The van der Waals surface area contributed by atoms with Gasteiger partial charge in [-0.1, -0.05) is 17.8 Å². The topological polar surface area (TPSA) is 35.0 Å². The lowest BCUT2D eigenvalue weighted by molar-refractivity contribution is 0.454. The van der Waals surface area contributed by atoms with E-state index in [1.165, 1.54) is 23.9 Å².